The summed E-state index contributed by atoms with van der Waals surface area (Å²) in [6.45, 7) is 1.94. The van der Waals surface area contributed by atoms with E-state index in [4.69, 9.17) is 3.63 Å². The molecule has 0 aliphatic carbocycles. The van der Waals surface area contributed by atoms with E-state index in [0.29, 0.717) is 30.8 Å². The zero-order valence-corrected chi connectivity index (χ0v) is 10.5. The van der Waals surface area contributed by atoms with Gasteiger partial charge >= 0.3 is 10.1 Å². The Kier molecular flexibility index (Phi) is 5.08. The fourth-order valence-electron chi connectivity index (χ4n) is 1.25. The van der Waals surface area contributed by atoms with Gasteiger partial charge in [0.15, 0.2) is 11.2 Å². The van der Waals surface area contributed by atoms with Crippen molar-refractivity contribution >= 4 is 27.1 Å². The lowest BCUT2D eigenvalue weighted by Gasteiger charge is -2.10. The maximum atomic E-state index is 11.4. The van der Waals surface area contributed by atoms with Gasteiger partial charge in [-0.2, -0.15) is 8.42 Å². The molecule has 1 fully saturated rings. The molecule has 0 saturated carbocycles. The Balaban J connectivity index is 2.37. The highest BCUT2D eigenvalue weighted by atomic mass is 32.3. The molecule has 1 rings (SSSR count). The Morgan fingerprint density at radius 3 is 2.47 bits per heavy atom. The van der Waals surface area contributed by atoms with Gasteiger partial charge in [-0.1, -0.05) is 13.3 Å². The molecule has 0 aromatic heterocycles. The van der Waals surface area contributed by atoms with E-state index < -0.39 is 21.3 Å². The fourth-order valence-corrected chi connectivity index (χ4v) is 5.00. The highest BCUT2D eigenvalue weighted by Gasteiger charge is 2.33. The minimum Gasteiger partial charge on any atom is -0.299 e. The van der Waals surface area contributed by atoms with Gasteiger partial charge in [0.2, 0.25) is 0 Å². The second kappa shape index (κ2) is 5.86. The van der Waals surface area contributed by atoms with Gasteiger partial charge in [-0.15, -0.1) is 0 Å². The van der Waals surface area contributed by atoms with Crippen molar-refractivity contribution < 1.29 is 16.8 Å². The summed E-state index contributed by atoms with van der Waals surface area (Å²) in [7, 11) is -3.36. The summed E-state index contributed by atoms with van der Waals surface area (Å²) in [5.41, 5.74) is 0. The summed E-state index contributed by atoms with van der Waals surface area (Å²) >= 11 is -0.547. The van der Waals surface area contributed by atoms with Crippen LogP contribution in [0, 0.1) is 0 Å². The molecule has 0 spiro atoms. The zero-order valence-electron chi connectivity index (χ0n) is 8.90. The molecule has 1 heterocycles. The van der Waals surface area contributed by atoms with Crippen LogP contribution in [-0.4, -0.2) is 31.5 Å². The standard InChI is InChI=1S/C9H17O4S2/c1-2-3-8-15(11,12)13-14-6-4-9(10)5-7-14/h2-8H2,1H3/q+1. The van der Waals surface area contributed by atoms with Crippen LogP contribution in [0.4, 0.5) is 0 Å². The Bertz CT molecular complexity index is 300. The van der Waals surface area contributed by atoms with Gasteiger partial charge in [0.05, 0.1) is 18.6 Å². The van der Waals surface area contributed by atoms with Crippen molar-refractivity contribution in [1.29, 1.82) is 0 Å². The van der Waals surface area contributed by atoms with Gasteiger partial charge in [-0.05, 0) is 10.1 Å². The summed E-state index contributed by atoms with van der Waals surface area (Å²) in [5, 5.41) is 0. The molecule has 0 bridgehead atoms. The number of carbonyl (C=O) groups excluding carboxylic acids is 1. The largest absolute Gasteiger partial charge is 0.311 e. The molecule has 4 nitrogen and oxygen atoms in total. The first kappa shape index (κ1) is 13.0. The average Bonchev–Trinajstić information content (AvgIpc) is 2.18. The highest BCUT2D eigenvalue weighted by Crippen LogP contribution is 2.15. The molecular formula is C9H17O4S2+. The van der Waals surface area contributed by atoms with E-state index in [9.17, 15) is 13.2 Å². The molecular weight excluding hydrogens is 236 g/mol. The molecule has 0 unspecified atom stereocenters. The van der Waals surface area contributed by atoms with Crippen LogP contribution < -0.4 is 0 Å². The first-order valence-electron chi connectivity index (χ1n) is 5.15. The first-order valence-corrected chi connectivity index (χ1v) is 8.22. The summed E-state index contributed by atoms with van der Waals surface area (Å²) < 4.78 is 28.0. The Morgan fingerprint density at radius 1 is 1.33 bits per heavy atom. The summed E-state index contributed by atoms with van der Waals surface area (Å²) in [5.74, 6) is 1.46. The summed E-state index contributed by atoms with van der Waals surface area (Å²) in [6.07, 6.45) is 2.41. The zero-order chi connectivity index (χ0) is 11.3. The van der Waals surface area contributed by atoms with E-state index in [2.05, 4.69) is 0 Å². The van der Waals surface area contributed by atoms with Gasteiger partial charge in [-0.3, -0.25) is 4.79 Å². The van der Waals surface area contributed by atoms with Crippen LogP contribution in [0.2, 0.25) is 0 Å². The molecule has 1 saturated heterocycles. The van der Waals surface area contributed by atoms with Crippen molar-refractivity contribution in [1.82, 2.24) is 0 Å². The lowest BCUT2D eigenvalue weighted by molar-refractivity contribution is -0.118. The van der Waals surface area contributed by atoms with Crippen LogP contribution in [0.15, 0.2) is 0 Å². The van der Waals surface area contributed by atoms with Crippen molar-refractivity contribution in [2.45, 2.75) is 32.6 Å². The molecule has 1 aliphatic heterocycles. The van der Waals surface area contributed by atoms with Crippen molar-refractivity contribution in [2.24, 2.45) is 0 Å². The SMILES string of the molecule is CCCCS(=O)(=O)O[S+]1CCC(=O)CC1. The van der Waals surface area contributed by atoms with Crippen LogP contribution in [0.5, 0.6) is 0 Å². The Hall–Kier alpha value is -0.0700. The van der Waals surface area contributed by atoms with E-state index in [1.807, 2.05) is 6.92 Å². The van der Waals surface area contributed by atoms with Crippen molar-refractivity contribution in [3.05, 3.63) is 0 Å². The second-order valence-electron chi connectivity index (χ2n) is 3.57. The Morgan fingerprint density at radius 2 is 1.93 bits per heavy atom. The van der Waals surface area contributed by atoms with Crippen LogP contribution in [0.3, 0.4) is 0 Å². The Labute approximate surface area is 94.1 Å². The number of Topliss-reactive ketones (excluding diaryl/α,β-unsaturated/α-hetero) is 1. The van der Waals surface area contributed by atoms with Gasteiger partial charge in [0.25, 0.3) is 0 Å². The van der Waals surface area contributed by atoms with Crippen molar-refractivity contribution in [3.8, 4) is 0 Å². The lowest BCUT2D eigenvalue weighted by atomic mass is 10.2. The number of carbonyl (C=O) groups is 1. The minimum atomic E-state index is -3.36. The predicted molar refractivity (Wildman–Crippen MR) is 61.1 cm³/mol. The topological polar surface area (TPSA) is 60.4 Å². The monoisotopic (exact) mass is 253 g/mol. The van der Waals surface area contributed by atoms with Gasteiger partial charge in [-0.25, -0.2) is 0 Å². The van der Waals surface area contributed by atoms with E-state index in [1.165, 1.54) is 0 Å². The van der Waals surface area contributed by atoms with Crippen molar-refractivity contribution in [2.75, 3.05) is 17.3 Å². The normalized spacial score (nSPS) is 19.4. The number of ketones is 1. The minimum absolute atomic E-state index is 0.0982. The molecule has 1 aliphatic rings. The molecule has 0 atom stereocenters. The fraction of sp³-hybridized carbons (Fsp3) is 0.889. The number of hydrogen-bond acceptors (Lipinski definition) is 4. The number of hydrogen-bond donors (Lipinski definition) is 0. The molecule has 0 radical (unpaired) electrons. The smallest absolute Gasteiger partial charge is 0.299 e. The van der Waals surface area contributed by atoms with E-state index >= 15 is 0 Å². The average molecular weight is 253 g/mol. The maximum Gasteiger partial charge on any atom is 0.311 e. The molecule has 0 amide bonds. The van der Waals surface area contributed by atoms with Gasteiger partial charge in [0, 0.05) is 0 Å². The molecule has 6 heteroatoms. The third-order valence-electron chi connectivity index (χ3n) is 2.16. The quantitative estimate of drug-likeness (QED) is 0.687. The molecule has 15 heavy (non-hydrogen) atoms. The molecule has 0 aromatic rings. The predicted octanol–water partition coefficient (Wildman–Crippen LogP) is 1.03. The third kappa shape index (κ3) is 4.99. The molecule has 88 valence electrons. The van der Waals surface area contributed by atoms with Gasteiger partial charge < -0.3 is 0 Å². The number of rotatable bonds is 5. The van der Waals surface area contributed by atoms with Crippen molar-refractivity contribution in [3.63, 3.8) is 0 Å². The van der Waals surface area contributed by atoms with Crippen LogP contribution in [-0.2, 0) is 29.7 Å². The lowest BCUT2D eigenvalue weighted by Crippen LogP contribution is -2.28. The summed E-state index contributed by atoms with van der Waals surface area (Å²) in [4.78, 5) is 10.9. The third-order valence-corrected chi connectivity index (χ3v) is 5.87. The molecule has 0 aromatic carbocycles. The maximum absolute atomic E-state index is 11.4. The van der Waals surface area contributed by atoms with Crippen LogP contribution in [0.25, 0.3) is 0 Å². The van der Waals surface area contributed by atoms with E-state index in [1.54, 1.807) is 0 Å². The molecule has 0 N–H and O–H groups in total. The highest BCUT2D eigenvalue weighted by molar-refractivity contribution is 8.02. The van der Waals surface area contributed by atoms with E-state index in [-0.39, 0.29) is 11.5 Å². The van der Waals surface area contributed by atoms with E-state index in [0.717, 1.165) is 6.42 Å². The number of unbranched alkanes of at least 4 members (excludes halogenated alkanes) is 1. The summed E-state index contributed by atoms with van der Waals surface area (Å²) in [6, 6.07) is 0. The van der Waals surface area contributed by atoms with Crippen LogP contribution >= 0.6 is 0 Å². The van der Waals surface area contributed by atoms with Gasteiger partial charge in [0.1, 0.15) is 17.3 Å². The second-order valence-corrected chi connectivity index (χ2v) is 7.33. The van der Waals surface area contributed by atoms with Crippen LogP contribution in [0.1, 0.15) is 32.6 Å². The first-order chi connectivity index (χ1) is 7.03.